The van der Waals surface area contributed by atoms with Gasteiger partial charge in [0.15, 0.2) is 0 Å². The van der Waals surface area contributed by atoms with Gasteiger partial charge in [0.2, 0.25) is 0 Å². The molecule has 1 aliphatic rings. The highest BCUT2D eigenvalue weighted by atomic mass is 16.6. The van der Waals surface area contributed by atoms with Gasteiger partial charge in [-0.2, -0.15) is 0 Å². The predicted molar refractivity (Wildman–Crippen MR) is 93.0 cm³/mol. The molecule has 1 saturated heterocycles. The molecule has 1 amide bonds. The van der Waals surface area contributed by atoms with Crippen molar-refractivity contribution >= 4 is 17.5 Å². The highest BCUT2D eigenvalue weighted by Crippen LogP contribution is 2.25. The molecule has 1 unspecified atom stereocenters. The lowest BCUT2D eigenvalue weighted by Gasteiger charge is -2.29. The minimum Gasteiger partial charge on any atom is -0.444 e. The van der Waals surface area contributed by atoms with Gasteiger partial charge in [-0.15, -0.1) is 0 Å². The first-order valence-corrected chi connectivity index (χ1v) is 8.13. The van der Waals surface area contributed by atoms with Crippen molar-refractivity contribution in [1.82, 2.24) is 9.88 Å². The molecule has 0 saturated carbocycles. The molecule has 23 heavy (non-hydrogen) atoms. The van der Waals surface area contributed by atoms with Gasteiger partial charge in [-0.1, -0.05) is 0 Å². The number of nitrogens with one attached hydrogen (secondary N) is 1. The van der Waals surface area contributed by atoms with E-state index >= 15 is 0 Å². The van der Waals surface area contributed by atoms with Gasteiger partial charge in [0.25, 0.3) is 0 Å². The number of rotatable bonds is 4. The summed E-state index contributed by atoms with van der Waals surface area (Å²) < 4.78 is 5.50. The Hall–Kier alpha value is -1.98. The van der Waals surface area contributed by atoms with E-state index in [4.69, 9.17) is 4.74 Å². The molecule has 1 aromatic heterocycles. The summed E-state index contributed by atoms with van der Waals surface area (Å²) in [5.41, 5.74) is 1.61. The SMILES string of the molecule is CN(C)c1ccncc1NCC1CCCN1C(=O)OC(C)(C)C. The van der Waals surface area contributed by atoms with Crippen LogP contribution in [0, 0.1) is 0 Å². The summed E-state index contributed by atoms with van der Waals surface area (Å²) in [4.78, 5) is 20.4. The van der Waals surface area contributed by atoms with Crippen LogP contribution in [0.25, 0.3) is 0 Å². The first-order chi connectivity index (χ1) is 10.8. The number of hydrogen-bond acceptors (Lipinski definition) is 5. The van der Waals surface area contributed by atoms with Crippen LogP contribution in [0.1, 0.15) is 33.6 Å². The van der Waals surface area contributed by atoms with E-state index in [9.17, 15) is 4.79 Å². The number of carbonyl (C=O) groups excluding carboxylic acids is 1. The molecule has 2 rings (SSSR count). The van der Waals surface area contributed by atoms with Crippen LogP contribution in [0.2, 0.25) is 0 Å². The second-order valence-electron chi connectivity index (χ2n) is 7.14. The van der Waals surface area contributed by atoms with E-state index in [0.717, 1.165) is 30.8 Å². The van der Waals surface area contributed by atoms with Crippen LogP contribution in [-0.4, -0.2) is 54.8 Å². The molecular weight excluding hydrogens is 292 g/mol. The summed E-state index contributed by atoms with van der Waals surface area (Å²) >= 11 is 0. The number of hydrogen-bond donors (Lipinski definition) is 1. The Morgan fingerprint density at radius 3 is 2.87 bits per heavy atom. The van der Waals surface area contributed by atoms with Gasteiger partial charge < -0.3 is 19.9 Å². The van der Waals surface area contributed by atoms with Crippen molar-refractivity contribution in [3.05, 3.63) is 18.5 Å². The Labute approximate surface area is 138 Å². The molecule has 6 heteroatoms. The van der Waals surface area contributed by atoms with Crippen molar-refractivity contribution < 1.29 is 9.53 Å². The predicted octanol–water partition coefficient (Wildman–Crippen LogP) is 2.96. The van der Waals surface area contributed by atoms with Crippen molar-refractivity contribution in [2.24, 2.45) is 0 Å². The minimum atomic E-state index is -0.459. The monoisotopic (exact) mass is 320 g/mol. The summed E-state index contributed by atoms with van der Waals surface area (Å²) in [6, 6.07) is 2.13. The van der Waals surface area contributed by atoms with Crippen LogP contribution in [0.15, 0.2) is 18.5 Å². The highest BCUT2D eigenvalue weighted by molar-refractivity contribution is 5.70. The Morgan fingerprint density at radius 2 is 2.22 bits per heavy atom. The second kappa shape index (κ2) is 7.06. The number of amides is 1. The molecule has 2 heterocycles. The molecule has 0 bridgehead atoms. The van der Waals surface area contributed by atoms with Gasteiger partial charge in [-0.3, -0.25) is 4.98 Å². The fourth-order valence-electron chi connectivity index (χ4n) is 2.75. The van der Waals surface area contributed by atoms with Gasteiger partial charge >= 0.3 is 6.09 Å². The average Bonchev–Trinajstić information content (AvgIpc) is 2.92. The zero-order valence-corrected chi connectivity index (χ0v) is 14.8. The molecule has 0 aromatic carbocycles. The van der Waals surface area contributed by atoms with E-state index in [1.54, 1.807) is 6.20 Å². The topological polar surface area (TPSA) is 57.7 Å². The van der Waals surface area contributed by atoms with E-state index < -0.39 is 5.60 Å². The summed E-state index contributed by atoms with van der Waals surface area (Å²) in [7, 11) is 4.01. The van der Waals surface area contributed by atoms with Crippen molar-refractivity contribution in [2.75, 3.05) is 37.4 Å². The smallest absolute Gasteiger partial charge is 0.410 e. The lowest BCUT2D eigenvalue weighted by atomic mass is 10.2. The Kier molecular flexibility index (Phi) is 5.34. The largest absolute Gasteiger partial charge is 0.444 e. The van der Waals surface area contributed by atoms with Gasteiger partial charge in [0, 0.05) is 33.4 Å². The van der Waals surface area contributed by atoms with E-state index in [-0.39, 0.29) is 12.1 Å². The first-order valence-electron chi connectivity index (χ1n) is 8.13. The summed E-state index contributed by atoms with van der Waals surface area (Å²) in [6.07, 6.45) is 5.38. The zero-order valence-electron chi connectivity index (χ0n) is 14.8. The first kappa shape index (κ1) is 17.4. The summed E-state index contributed by atoms with van der Waals surface area (Å²) in [5.74, 6) is 0. The van der Waals surface area contributed by atoms with Crippen LogP contribution in [0.4, 0.5) is 16.2 Å². The maximum atomic E-state index is 12.3. The molecule has 1 N–H and O–H groups in total. The number of nitrogens with zero attached hydrogens (tertiary/aromatic N) is 3. The highest BCUT2D eigenvalue weighted by Gasteiger charge is 2.32. The molecule has 1 fully saturated rings. The van der Waals surface area contributed by atoms with Crippen LogP contribution in [0.5, 0.6) is 0 Å². The van der Waals surface area contributed by atoms with Gasteiger partial charge in [-0.05, 0) is 39.7 Å². The van der Waals surface area contributed by atoms with Gasteiger partial charge in [0.05, 0.1) is 23.6 Å². The Balaban J connectivity index is 1.98. The normalized spacial score (nSPS) is 18.0. The molecule has 1 aliphatic heterocycles. The van der Waals surface area contributed by atoms with Crippen LogP contribution in [-0.2, 0) is 4.74 Å². The average molecular weight is 320 g/mol. The molecule has 0 radical (unpaired) electrons. The quantitative estimate of drug-likeness (QED) is 0.924. The third kappa shape index (κ3) is 4.74. The Morgan fingerprint density at radius 1 is 1.48 bits per heavy atom. The van der Waals surface area contributed by atoms with E-state index in [1.165, 1.54) is 0 Å². The third-order valence-corrected chi connectivity index (χ3v) is 3.81. The van der Waals surface area contributed by atoms with Gasteiger partial charge in [-0.25, -0.2) is 4.79 Å². The fourth-order valence-corrected chi connectivity index (χ4v) is 2.75. The lowest BCUT2D eigenvalue weighted by Crippen LogP contribution is -2.42. The fraction of sp³-hybridized carbons (Fsp3) is 0.647. The molecule has 128 valence electrons. The zero-order chi connectivity index (χ0) is 17.0. The summed E-state index contributed by atoms with van der Waals surface area (Å²) in [6.45, 7) is 7.15. The molecule has 1 atom stereocenters. The maximum absolute atomic E-state index is 12.3. The molecular formula is C17H28N4O2. The Bertz CT molecular complexity index is 540. The number of anilines is 2. The van der Waals surface area contributed by atoms with Crippen molar-refractivity contribution in [1.29, 1.82) is 0 Å². The standard InChI is InChI=1S/C17H28N4O2/c1-17(2,3)23-16(22)21-10-6-7-13(21)11-19-14-12-18-9-8-15(14)20(4)5/h8-9,12-13,19H,6-7,10-11H2,1-5H3. The number of aromatic nitrogens is 1. The van der Waals surface area contributed by atoms with E-state index in [1.807, 2.05) is 56.9 Å². The lowest BCUT2D eigenvalue weighted by molar-refractivity contribution is 0.0235. The number of likely N-dealkylation sites (tertiary alicyclic amines) is 1. The second-order valence-corrected chi connectivity index (χ2v) is 7.14. The van der Waals surface area contributed by atoms with Gasteiger partial charge in [0.1, 0.15) is 5.60 Å². The van der Waals surface area contributed by atoms with Crippen LogP contribution >= 0.6 is 0 Å². The van der Waals surface area contributed by atoms with Crippen molar-refractivity contribution in [2.45, 2.75) is 45.3 Å². The summed E-state index contributed by atoms with van der Waals surface area (Å²) in [5, 5.41) is 3.43. The van der Waals surface area contributed by atoms with E-state index in [2.05, 4.69) is 10.3 Å². The minimum absolute atomic E-state index is 0.153. The maximum Gasteiger partial charge on any atom is 0.410 e. The molecule has 0 aliphatic carbocycles. The number of ether oxygens (including phenoxy) is 1. The van der Waals surface area contributed by atoms with Crippen molar-refractivity contribution in [3.8, 4) is 0 Å². The molecule has 0 spiro atoms. The molecule has 6 nitrogen and oxygen atoms in total. The molecule has 1 aromatic rings. The van der Waals surface area contributed by atoms with Crippen molar-refractivity contribution in [3.63, 3.8) is 0 Å². The number of carbonyl (C=O) groups is 1. The van der Waals surface area contributed by atoms with Crippen LogP contribution in [0.3, 0.4) is 0 Å². The van der Waals surface area contributed by atoms with Crippen LogP contribution < -0.4 is 10.2 Å². The number of pyridine rings is 1. The third-order valence-electron chi connectivity index (χ3n) is 3.81. The van der Waals surface area contributed by atoms with E-state index in [0.29, 0.717) is 6.54 Å².